The predicted octanol–water partition coefficient (Wildman–Crippen LogP) is 1.94. The van der Waals surface area contributed by atoms with Crippen molar-refractivity contribution in [3.05, 3.63) is 35.9 Å². The van der Waals surface area contributed by atoms with Crippen LogP contribution >= 0.6 is 0 Å². The maximum Gasteiger partial charge on any atom is 0.228 e. The fourth-order valence-electron chi connectivity index (χ4n) is 3.37. The largest absolute Gasteiger partial charge is 0.396 e. The van der Waals surface area contributed by atoms with Crippen molar-refractivity contribution in [3.63, 3.8) is 0 Å². The molecular weight excluding hydrogens is 264 g/mol. The molecule has 4 atom stereocenters. The van der Waals surface area contributed by atoms with Crippen LogP contribution in [-0.2, 0) is 4.79 Å². The minimum Gasteiger partial charge on any atom is -0.396 e. The van der Waals surface area contributed by atoms with Gasteiger partial charge in [-0.05, 0) is 24.8 Å². The van der Waals surface area contributed by atoms with Gasteiger partial charge in [0, 0.05) is 12.6 Å². The number of nitrogens with zero attached hydrogens (tertiary/aromatic N) is 1. The lowest BCUT2D eigenvalue weighted by molar-refractivity contribution is -0.166. The summed E-state index contributed by atoms with van der Waals surface area (Å²) in [6.07, 6.45) is 0.527. The number of benzene rings is 1. The lowest BCUT2D eigenvalue weighted by atomic mass is 9.73. The monoisotopic (exact) mass is 290 g/mol. The van der Waals surface area contributed by atoms with Crippen LogP contribution in [0.1, 0.15) is 38.8 Å². The molecule has 4 heteroatoms. The van der Waals surface area contributed by atoms with Crippen LogP contribution in [0.3, 0.4) is 0 Å². The number of aliphatic hydroxyl groups excluding tert-OH is 1. The molecule has 1 amide bonds. The number of aliphatic hydroxyl groups is 1. The number of nitrogens with two attached hydrogens (primary N) is 1. The van der Waals surface area contributed by atoms with Crippen LogP contribution in [-0.4, -0.2) is 34.6 Å². The van der Waals surface area contributed by atoms with E-state index < -0.39 is 0 Å². The van der Waals surface area contributed by atoms with Crippen LogP contribution in [0, 0.1) is 11.8 Å². The summed E-state index contributed by atoms with van der Waals surface area (Å²) < 4.78 is 0. The highest BCUT2D eigenvalue weighted by atomic mass is 16.3. The molecule has 0 aliphatic carbocycles. The maximum atomic E-state index is 12.5. The topological polar surface area (TPSA) is 66.6 Å². The SMILES string of the molecule is CC(C)[C@@H]1C(=O)N([C@@H](C)c2ccccc2)[C@@H]1C(N)CCO. The molecule has 1 saturated heterocycles. The Morgan fingerprint density at radius 3 is 2.38 bits per heavy atom. The number of carbonyl (C=O) groups is 1. The average molecular weight is 290 g/mol. The second kappa shape index (κ2) is 6.58. The number of likely N-dealkylation sites (tertiary alicyclic amines) is 1. The minimum absolute atomic E-state index is 0.0138. The first-order valence-corrected chi connectivity index (χ1v) is 7.72. The van der Waals surface area contributed by atoms with Crippen molar-refractivity contribution in [2.24, 2.45) is 17.6 Å². The first kappa shape index (κ1) is 16.0. The molecule has 1 aromatic carbocycles. The number of β-lactam (4-membered cyclic amide) rings is 1. The van der Waals surface area contributed by atoms with Gasteiger partial charge in [0.25, 0.3) is 0 Å². The molecule has 1 fully saturated rings. The van der Waals surface area contributed by atoms with Crippen molar-refractivity contribution < 1.29 is 9.90 Å². The van der Waals surface area contributed by atoms with E-state index in [1.165, 1.54) is 0 Å². The third-order valence-corrected chi connectivity index (χ3v) is 4.55. The molecule has 1 heterocycles. The highest BCUT2D eigenvalue weighted by molar-refractivity contribution is 5.87. The van der Waals surface area contributed by atoms with Crippen LogP contribution in [0.15, 0.2) is 30.3 Å². The second-order valence-corrected chi connectivity index (χ2v) is 6.27. The molecule has 0 aromatic heterocycles. The Balaban J connectivity index is 2.22. The summed E-state index contributed by atoms with van der Waals surface area (Å²) in [5.74, 6) is 0.420. The number of hydrogen-bond acceptors (Lipinski definition) is 3. The molecule has 0 bridgehead atoms. The fourth-order valence-corrected chi connectivity index (χ4v) is 3.37. The van der Waals surface area contributed by atoms with Gasteiger partial charge in [-0.15, -0.1) is 0 Å². The van der Waals surface area contributed by atoms with Gasteiger partial charge in [-0.3, -0.25) is 4.79 Å². The van der Waals surface area contributed by atoms with Crippen LogP contribution in [0.4, 0.5) is 0 Å². The van der Waals surface area contributed by atoms with Crippen LogP contribution in [0.5, 0.6) is 0 Å². The van der Waals surface area contributed by atoms with Crippen molar-refractivity contribution in [1.82, 2.24) is 4.90 Å². The quantitative estimate of drug-likeness (QED) is 0.787. The van der Waals surface area contributed by atoms with Crippen molar-refractivity contribution >= 4 is 5.91 Å². The Kier molecular flexibility index (Phi) is 5.01. The molecule has 0 spiro atoms. The third-order valence-electron chi connectivity index (χ3n) is 4.55. The van der Waals surface area contributed by atoms with Gasteiger partial charge < -0.3 is 15.7 Å². The maximum absolute atomic E-state index is 12.5. The van der Waals surface area contributed by atoms with E-state index in [0.717, 1.165) is 5.56 Å². The van der Waals surface area contributed by atoms with Crippen LogP contribution in [0.25, 0.3) is 0 Å². The number of carbonyl (C=O) groups excluding carboxylic acids is 1. The summed E-state index contributed by atoms with van der Waals surface area (Å²) in [5, 5.41) is 9.15. The van der Waals surface area contributed by atoms with E-state index in [2.05, 4.69) is 13.8 Å². The van der Waals surface area contributed by atoms with E-state index in [9.17, 15) is 4.79 Å². The zero-order valence-electron chi connectivity index (χ0n) is 13.1. The summed E-state index contributed by atoms with van der Waals surface area (Å²) in [4.78, 5) is 14.4. The Morgan fingerprint density at radius 1 is 1.24 bits per heavy atom. The van der Waals surface area contributed by atoms with Crippen molar-refractivity contribution in [1.29, 1.82) is 0 Å². The standard InChI is InChI=1S/C17H26N2O2/c1-11(2)15-16(14(18)9-10-20)19(17(15)21)12(3)13-7-5-4-6-8-13/h4-8,11-12,14-16,20H,9-10,18H2,1-3H3/t12-,14?,15-,16+/m0/s1. The molecule has 1 aromatic rings. The van der Waals surface area contributed by atoms with E-state index in [-0.39, 0.29) is 42.5 Å². The van der Waals surface area contributed by atoms with Gasteiger partial charge >= 0.3 is 0 Å². The lowest BCUT2D eigenvalue weighted by Crippen LogP contribution is -2.69. The summed E-state index contributed by atoms with van der Waals surface area (Å²) in [7, 11) is 0. The molecule has 0 saturated carbocycles. The van der Waals surface area contributed by atoms with E-state index in [0.29, 0.717) is 6.42 Å². The summed E-state index contributed by atoms with van der Waals surface area (Å²) in [6, 6.07) is 9.87. The van der Waals surface area contributed by atoms with Crippen LogP contribution < -0.4 is 5.73 Å². The minimum atomic E-state index is -0.175. The zero-order valence-corrected chi connectivity index (χ0v) is 13.1. The Hall–Kier alpha value is -1.39. The van der Waals surface area contributed by atoms with E-state index >= 15 is 0 Å². The third kappa shape index (κ3) is 2.97. The average Bonchev–Trinajstić information content (AvgIpc) is 2.45. The highest BCUT2D eigenvalue weighted by Gasteiger charge is 2.52. The lowest BCUT2D eigenvalue weighted by Gasteiger charge is -2.54. The van der Waals surface area contributed by atoms with Crippen molar-refractivity contribution in [3.8, 4) is 0 Å². The molecule has 4 nitrogen and oxygen atoms in total. The molecule has 1 aliphatic heterocycles. The van der Waals surface area contributed by atoms with Gasteiger partial charge in [0.1, 0.15) is 0 Å². The first-order valence-electron chi connectivity index (χ1n) is 7.72. The zero-order chi connectivity index (χ0) is 15.6. The summed E-state index contributed by atoms with van der Waals surface area (Å²) >= 11 is 0. The Morgan fingerprint density at radius 2 is 1.86 bits per heavy atom. The molecular formula is C17H26N2O2. The summed E-state index contributed by atoms with van der Waals surface area (Å²) in [6.45, 7) is 6.23. The molecule has 0 radical (unpaired) electrons. The van der Waals surface area contributed by atoms with Crippen molar-refractivity contribution in [2.45, 2.75) is 45.3 Å². The van der Waals surface area contributed by atoms with E-state index in [1.807, 2.05) is 42.2 Å². The van der Waals surface area contributed by atoms with Crippen molar-refractivity contribution in [2.75, 3.05) is 6.61 Å². The van der Waals surface area contributed by atoms with Gasteiger partial charge in [-0.2, -0.15) is 0 Å². The normalized spacial score (nSPS) is 24.9. The number of hydrogen-bond donors (Lipinski definition) is 2. The van der Waals surface area contributed by atoms with E-state index in [1.54, 1.807) is 0 Å². The molecule has 1 aliphatic rings. The Labute approximate surface area is 126 Å². The van der Waals surface area contributed by atoms with Gasteiger partial charge in [0.05, 0.1) is 18.0 Å². The molecule has 3 N–H and O–H groups in total. The van der Waals surface area contributed by atoms with Gasteiger partial charge in [-0.1, -0.05) is 44.2 Å². The molecule has 21 heavy (non-hydrogen) atoms. The molecule has 1 unspecified atom stereocenters. The first-order chi connectivity index (χ1) is 9.99. The molecule has 116 valence electrons. The van der Waals surface area contributed by atoms with Gasteiger partial charge in [0.15, 0.2) is 0 Å². The number of rotatable bonds is 6. The number of amides is 1. The highest BCUT2D eigenvalue weighted by Crippen LogP contribution is 2.40. The fraction of sp³-hybridized carbons (Fsp3) is 0.588. The Bertz CT molecular complexity index is 475. The van der Waals surface area contributed by atoms with Crippen LogP contribution in [0.2, 0.25) is 0 Å². The predicted molar refractivity (Wildman–Crippen MR) is 83.5 cm³/mol. The smallest absolute Gasteiger partial charge is 0.228 e. The second-order valence-electron chi connectivity index (χ2n) is 6.27. The van der Waals surface area contributed by atoms with Gasteiger partial charge in [0.2, 0.25) is 5.91 Å². The molecule has 2 rings (SSSR count). The summed E-state index contributed by atoms with van der Waals surface area (Å²) in [5.41, 5.74) is 7.35. The van der Waals surface area contributed by atoms with Gasteiger partial charge in [-0.25, -0.2) is 0 Å². The van der Waals surface area contributed by atoms with E-state index in [4.69, 9.17) is 10.8 Å².